The monoisotopic (exact) mass is 307 g/mol. The van der Waals surface area contributed by atoms with Gasteiger partial charge in [-0.1, -0.05) is 11.6 Å². The summed E-state index contributed by atoms with van der Waals surface area (Å²) in [5.74, 6) is 0. The molecule has 0 saturated carbocycles. The number of halogens is 1. The molecule has 0 aromatic heterocycles. The Labute approximate surface area is 116 Å². The van der Waals surface area contributed by atoms with E-state index in [1.165, 1.54) is 18.2 Å². The average molecular weight is 308 g/mol. The zero-order chi connectivity index (χ0) is 14.5. The topological polar surface area (TPSA) is 101 Å². The Morgan fingerprint density at radius 3 is 2.63 bits per heavy atom. The van der Waals surface area contributed by atoms with E-state index in [0.717, 1.165) is 6.26 Å². The number of non-ortho nitro benzene ring substituents is 1. The van der Waals surface area contributed by atoms with Gasteiger partial charge in [-0.05, 0) is 11.6 Å². The van der Waals surface area contributed by atoms with E-state index in [0.29, 0.717) is 23.7 Å². The molecule has 9 heteroatoms. The van der Waals surface area contributed by atoms with Gasteiger partial charge in [-0.15, -0.1) is 0 Å². The van der Waals surface area contributed by atoms with Crippen molar-refractivity contribution in [3.8, 4) is 0 Å². The van der Waals surface area contributed by atoms with Gasteiger partial charge in [0, 0.05) is 36.8 Å². The molecular weight excluding hydrogens is 294 g/mol. The minimum Gasteiger partial charge on any atom is -0.311 e. The highest BCUT2D eigenvalue weighted by atomic mass is 35.5. The average Bonchev–Trinajstić information content (AvgIpc) is 2.29. The fourth-order valence-electron chi connectivity index (χ4n) is 1.36. The van der Waals surface area contributed by atoms with Crippen LogP contribution in [0.4, 0.5) is 5.69 Å². The number of benzene rings is 1. The standard InChI is InChI=1S/C10H14ClN3O4S/c1-19(17,18)13-5-4-12-7-8-6-9(14(15)16)2-3-10(8)11/h2-3,6,12-13H,4-5,7H2,1H3. The number of sulfonamides is 1. The second-order valence-corrected chi connectivity index (χ2v) is 6.12. The van der Waals surface area contributed by atoms with Gasteiger partial charge in [-0.25, -0.2) is 13.1 Å². The lowest BCUT2D eigenvalue weighted by atomic mass is 10.2. The van der Waals surface area contributed by atoms with Gasteiger partial charge in [0.25, 0.3) is 5.69 Å². The van der Waals surface area contributed by atoms with Crippen molar-refractivity contribution in [1.29, 1.82) is 0 Å². The first-order chi connectivity index (χ1) is 8.79. The summed E-state index contributed by atoms with van der Waals surface area (Å²) in [6, 6.07) is 4.18. The molecule has 7 nitrogen and oxygen atoms in total. The van der Waals surface area contributed by atoms with Crippen LogP contribution in [0.1, 0.15) is 5.56 Å². The molecule has 1 aromatic rings. The second kappa shape index (κ2) is 6.80. The van der Waals surface area contributed by atoms with Crippen molar-refractivity contribution in [2.75, 3.05) is 19.3 Å². The number of hydrogen-bond acceptors (Lipinski definition) is 5. The summed E-state index contributed by atoms with van der Waals surface area (Å²) in [5, 5.41) is 14.0. The van der Waals surface area contributed by atoms with E-state index < -0.39 is 14.9 Å². The highest BCUT2D eigenvalue weighted by Crippen LogP contribution is 2.21. The van der Waals surface area contributed by atoms with Gasteiger partial charge in [-0.3, -0.25) is 10.1 Å². The van der Waals surface area contributed by atoms with Gasteiger partial charge in [0.15, 0.2) is 0 Å². The normalized spacial score (nSPS) is 11.5. The predicted molar refractivity (Wildman–Crippen MR) is 72.7 cm³/mol. The number of rotatable bonds is 7. The first kappa shape index (κ1) is 15.8. The summed E-state index contributed by atoms with van der Waals surface area (Å²) in [6.45, 7) is 0.962. The Kier molecular flexibility index (Phi) is 5.67. The molecule has 0 aliphatic carbocycles. The third kappa shape index (κ3) is 5.97. The van der Waals surface area contributed by atoms with Crippen LogP contribution in [0.15, 0.2) is 18.2 Å². The van der Waals surface area contributed by atoms with Crippen LogP contribution in [0.3, 0.4) is 0 Å². The van der Waals surface area contributed by atoms with Crippen molar-refractivity contribution in [1.82, 2.24) is 10.0 Å². The Hall–Kier alpha value is -1.22. The van der Waals surface area contributed by atoms with E-state index in [-0.39, 0.29) is 12.2 Å². The van der Waals surface area contributed by atoms with Crippen molar-refractivity contribution in [2.24, 2.45) is 0 Å². The highest BCUT2D eigenvalue weighted by Gasteiger charge is 2.09. The molecule has 1 rings (SSSR count). The largest absolute Gasteiger partial charge is 0.311 e. The summed E-state index contributed by atoms with van der Waals surface area (Å²) >= 11 is 5.91. The lowest BCUT2D eigenvalue weighted by Gasteiger charge is -2.07. The van der Waals surface area contributed by atoms with Crippen LogP contribution in [0.2, 0.25) is 5.02 Å². The van der Waals surface area contributed by atoms with E-state index in [1.54, 1.807) is 0 Å². The molecule has 0 fully saturated rings. The molecule has 2 N–H and O–H groups in total. The third-order valence-corrected chi connectivity index (χ3v) is 3.32. The first-order valence-corrected chi connectivity index (χ1v) is 7.65. The molecule has 0 atom stereocenters. The molecule has 0 unspecified atom stereocenters. The summed E-state index contributed by atoms with van der Waals surface area (Å²) in [5.41, 5.74) is 0.561. The summed E-state index contributed by atoms with van der Waals surface area (Å²) < 4.78 is 23.9. The molecule has 0 spiro atoms. The minimum absolute atomic E-state index is 0.0320. The maximum atomic E-state index is 10.8. The lowest BCUT2D eigenvalue weighted by molar-refractivity contribution is -0.384. The van der Waals surface area contributed by atoms with Crippen LogP contribution in [-0.4, -0.2) is 32.7 Å². The maximum absolute atomic E-state index is 10.8. The predicted octanol–water partition coefficient (Wildman–Crippen LogP) is 0.887. The number of nitro groups is 1. The van der Waals surface area contributed by atoms with Crippen LogP contribution >= 0.6 is 11.6 Å². The fraction of sp³-hybridized carbons (Fsp3) is 0.400. The first-order valence-electron chi connectivity index (χ1n) is 5.38. The van der Waals surface area contributed by atoms with Gasteiger partial charge in [0.2, 0.25) is 10.0 Å². The molecule has 106 valence electrons. The molecular formula is C10H14ClN3O4S. The SMILES string of the molecule is CS(=O)(=O)NCCNCc1cc([N+](=O)[O-])ccc1Cl. The molecule has 0 saturated heterocycles. The van der Waals surface area contributed by atoms with E-state index in [1.807, 2.05) is 0 Å². The van der Waals surface area contributed by atoms with Crippen molar-refractivity contribution < 1.29 is 13.3 Å². The number of nitro benzene ring substituents is 1. The molecule has 0 aliphatic heterocycles. The molecule has 0 amide bonds. The van der Waals surface area contributed by atoms with Crippen LogP contribution in [0.5, 0.6) is 0 Å². The van der Waals surface area contributed by atoms with E-state index >= 15 is 0 Å². The van der Waals surface area contributed by atoms with E-state index in [9.17, 15) is 18.5 Å². The number of nitrogens with zero attached hydrogens (tertiary/aromatic N) is 1. The van der Waals surface area contributed by atoms with Crippen LogP contribution in [-0.2, 0) is 16.6 Å². The molecule has 0 aliphatic rings. The van der Waals surface area contributed by atoms with Gasteiger partial charge >= 0.3 is 0 Å². The maximum Gasteiger partial charge on any atom is 0.269 e. The third-order valence-electron chi connectivity index (χ3n) is 2.22. The van der Waals surface area contributed by atoms with Crippen molar-refractivity contribution in [3.63, 3.8) is 0 Å². The van der Waals surface area contributed by atoms with Crippen LogP contribution < -0.4 is 10.0 Å². The van der Waals surface area contributed by atoms with Crippen LogP contribution in [0.25, 0.3) is 0 Å². The van der Waals surface area contributed by atoms with Crippen molar-refractivity contribution >= 4 is 27.3 Å². The lowest BCUT2D eigenvalue weighted by Crippen LogP contribution is -2.30. The molecule has 0 radical (unpaired) electrons. The molecule has 19 heavy (non-hydrogen) atoms. The Morgan fingerprint density at radius 1 is 1.37 bits per heavy atom. The van der Waals surface area contributed by atoms with Crippen LogP contribution in [0, 0.1) is 10.1 Å². The van der Waals surface area contributed by atoms with Crippen molar-refractivity contribution in [2.45, 2.75) is 6.54 Å². The zero-order valence-electron chi connectivity index (χ0n) is 10.2. The second-order valence-electron chi connectivity index (χ2n) is 3.88. The smallest absolute Gasteiger partial charge is 0.269 e. The van der Waals surface area contributed by atoms with Gasteiger partial charge in [0.1, 0.15) is 0 Å². The molecule has 1 aromatic carbocycles. The van der Waals surface area contributed by atoms with E-state index in [4.69, 9.17) is 11.6 Å². The van der Waals surface area contributed by atoms with Gasteiger partial charge in [-0.2, -0.15) is 0 Å². The van der Waals surface area contributed by atoms with E-state index in [2.05, 4.69) is 10.0 Å². The van der Waals surface area contributed by atoms with Crippen molar-refractivity contribution in [3.05, 3.63) is 38.9 Å². The Morgan fingerprint density at radius 2 is 2.05 bits per heavy atom. The summed E-state index contributed by atoms with van der Waals surface area (Å²) in [4.78, 5) is 10.1. The molecule has 0 heterocycles. The number of nitrogens with one attached hydrogen (secondary N) is 2. The summed E-state index contributed by atoms with van der Waals surface area (Å²) in [6.07, 6.45) is 1.07. The Balaban J connectivity index is 2.49. The van der Waals surface area contributed by atoms with Gasteiger partial charge < -0.3 is 5.32 Å². The molecule has 0 bridgehead atoms. The fourth-order valence-corrected chi connectivity index (χ4v) is 2.02. The minimum atomic E-state index is -3.20. The zero-order valence-corrected chi connectivity index (χ0v) is 11.8. The summed E-state index contributed by atoms with van der Waals surface area (Å²) in [7, 11) is -3.20. The Bertz CT molecular complexity index is 562. The van der Waals surface area contributed by atoms with Gasteiger partial charge in [0.05, 0.1) is 11.2 Å². The highest BCUT2D eigenvalue weighted by molar-refractivity contribution is 7.88. The quantitative estimate of drug-likeness (QED) is 0.442. The number of hydrogen-bond donors (Lipinski definition) is 2.